The van der Waals surface area contributed by atoms with Crippen molar-refractivity contribution in [1.29, 1.82) is 0 Å². The first kappa shape index (κ1) is 23.1. The van der Waals surface area contributed by atoms with Gasteiger partial charge in [-0.05, 0) is 68.5 Å². The minimum Gasteiger partial charge on any atom is -0.493 e. The standard InChI is InChI=1S/C26H35N5O2/c1-31(2)25-21-7-5-6-8-22(21)29-26(30-25)28-20-12-10-19(11-13-20)27-16-15-18-9-14-23(32-3)24(17-18)33-4/h5-9,14,17,19-20,27H,10-13,15-16H2,1-4H3,(H,28,29,30)/t19-,20+. The number of nitrogens with zero attached hydrogens (tertiary/aromatic N) is 3. The molecule has 0 amide bonds. The lowest BCUT2D eigenvalue weighted by atomic mass is 9.91. The molecule has 0 spiro atoms. The Morgan fingerprint density at radius 3 is 2.36 bits per heavy atom. The summed E-state index contributed by atoms with van der Waals surface area (Å²) in [5.74, 6) is 3.24. The molecule has 1 aliphatic rings. The van der Waals surface area contributed by atoms with Crippen LogP contribution in [0.5, 0.6) is 11.5 Å². The number of rotatable bonds is 9. The molecule has 0 saturated heterocycles. The van der Waals surface area contributed by atoms with Crippen LogP contribution in [0, 0.1) is 0 Å². The van der Waals surface area contributed by atoms with E-state index < -0.39 is 0 Å². The van der Waals surface area contributed by atoms with Gasteiger partial charge in [-0.3, -0.25) is 0 Å². The van der Waals surface area contributed by atoms with Crippen LogP contribution in [0.2, 0.25) is 0 Å². The molecule has 2 aromatic carbocycles. The summed E-state index contributed by atoms with van der Waals surface area (Å²) in [6, 6.07) is 15.3. The second-order valence-corrected chi connectivity index (χ2v) is 8.87. The van der Waals surface area contributed by atoms with E-state index in [-0.39, 0.29) is 0 Å². The second-order valence-electron chi connectivity index (χ2n) is 8.87. The molecule has 0 radical (unpaired) electrons. The van der Waals surface area contributed by atoms with Gasteiger partial charge >= 0.3 is 0 Å². The van der Waals surface area contributed by atoms with Crippen LogP contribution in [0.3, 0.4) is 0 Å². The molecule has 1 fully saturated rings. The minimum absolute atomic E-state index is 0.407. The third-order valence-electron chi connectivity index (χ3n) is 6.36. The van der Waals surface area contributed by atoms with Crippen molar-refractivity contribution in [2.75, 3.05) is 45.1 Å². The zero-order chi connectivity index (χ0) is 23.2. The lowest BCUT2D eigenvalue weighted by Crippen LogP contribution is -2.38. The van der Waals surface area contributed by atoms with Crippen LogP contribution in [-0.2, 0) is 6.42 Å². The summed E-state index contributed by atoms with van der Waals surface area (Å²) in [6.07, 6.45) is 5.50. The Bertz CT molecular complexity index is 1060. The van der Waals surface area contributed by atoms with Gasteiger partial charge in [0, 0.05) is 31.6 Å². The third-order valence-corrected chi connectivity index (χ3v) is 6.36. The van der Waals surface area contributed by atoms with E-state index in [1.54, 1.807) is 14.2 Å². The van der Waals surface area contributed by atoms with Gasteiger partial charge in [0.2, 0.25) is 5.95 Å². The largest absolute Gasteiger partial charge is 0.493 e. The lowest BCUT2D eigenvalue weighted by molar-refractivity contribution is 0.352. The van der Waals surface area contributed by atoms with Crippen molar-refractivity contribution < 1.29 is 9.47 Å². The molecule has 7 heteroatoms. The van der Waals surface area contributed by atoms with Gasteiger partial charge in [0.25, 0.3) is 0 Å². The fourth-order valence-corrected chi connectivity index (χ4v) is 4.55. The summed E-state index contributed by atoms with van der Waals surface area (Å²) < 4.78 is 10.7. The molecule has 2 N–H and O–H groups in total. The van der Waals surface area contributed by atoms with Crippen LogP contribution in [-0.4, -0.2) is 56.9 Å². The van der Waals surface area contributed by atoms with Crippen LogP contribution in [0.1, 0.15) is 31.2 Å². The van der Waals surface area contributed by atoms with E-state index in [1.807, 2.05) is 32.3 Å². The predicted octanol–water partition coefficient (Wildman–Crippen LogP) is 4.27. The highest BCUT2D eigenvalue weighted by atomic mass is 16.5. The fraction of sp³-hybridized carbons (Fsp3) is 0.462. The van der Waals surface area contributed by atoms with E-state index in [9.17, 15) is 0 Å². The Morgan fingerprint density at radius 2 is 1.64 bits per heavy atom. The van der Waals surface area contributed by atoms with Crippen molar-refractivity contribution >= 4 is 22.7 Å². The predicted molar refractivity (Wildman–Crippen MR) is 135 cm³/mol. The van der Waals surface area contributed by atoms with Gasteiger partial charge in [0.05, 0.1) is 19.7 Å². The molecular weight excluding hydrogens is 414 g/mol. The normalized spacial score (nSPS) is 18.2. The van der Waals surface area contributed by atoms with Gasteiger partial charge in [-0.15, -0.1) is 0 Å². The molecule has 3 aromatic rings. The topological polar surface area (TPSA) is 71.5 Å². The number of benzene rings is 2. The molecular formula is C26H35N5O2. The molecule has 0 atom stereocenters. The molecule has 1 saturated carbocycles. The molecule has 0 bridgehead atoms. The number of nitrogens with one attached hydrogen (secondary N) is 2. The Kier molecular flexibility index (Phi) is 7.50. The van der Waals surface area contributed by atoms with E-state index in [1.165, 1.54) is 5.56 Å². The number of ether oxygens (including phenoxy) is 2. The SMILES string of the molecule is COc1ccc(CCN[C@H]2CC[C@@H](Nc3nc(N(C)C)c4ccccc4n3)CC2)cc1OC. The fourth-order valence-electron chi connectivity index (χ4n) is 4.55. The summed E-state index contributed by atoms with van der Waals surface area (Å²) >= 11 is 0. The highest BCUT2D eigenvalue weighted by Gasteiger charge is 2.22. The van der Waals surface area contributed by atoms with Gasteiger partial charge in [0.15, 0.2) is 11.5 Å². The maximum Gasteiger partial charge on any atom is 0.225 e. The summed E-state index contributed by atoms with van der Waals surface area (Å²) in [5, 5.41) is 8.40. The summed E-state index contributed by atoms with van der Waals surface area (Å²) in [5.41, 5.74) is 2.23. The van der Waals surface area contributed by atoms with Crippen molar-refractivity contribution in [3.8, 4) is 11.5 Å². The number of methoxy groups -OCH3 is 2. The third kappa shape index (κ3) is 5.66. The van der Waals surface area contributed by atoms with Crippen molar-refractivity contribution in [3.05, 3.63) is 48.0 Å². The first-order chi connectivity index (χ1) is 16.1. The first-order valence-electron chi connectivity index (χ1n) is 11.7. The second kappa shape index (κ2) is 10.7. The maximum atomic E-state index is 5.41. The minimum atomic E-state index is 0.407. The quantitative estimate of drug-likeness (QED) is 0.505. The zero-order valence-electron chi connectivity index (χ0n) is 20.1. The van der Waals surface area contributed by atoms with Crippen molar-refractivity contribution in [2.24, 2.45) is 0 Å². The summed E-state index contributed by atoms with van der Waals surface area (Å²) in [6.45, 7) is 0.957. The van der Waals surface area contributed by atoms with Gasteiger partial charge in [-0.1, -0.05) is 18.2 Å². The lowest BCUT2D eigenvalue weighted by Gasteiger charge is -2.30. The summed E-state index contributed by atoms with van der Waals surface area (Å²) in [7, 11) is 7.39. The smallest absolute Gasteiger partial charge is 0.225 e. The number of anilines is 2. The van der Waals surface area contributed by atoms with Crippen molar-refractivity contribution in [3.63, 3.8) is 0 Å². The maximum absolute atomic E-state index is 5.41. The average molecular weight is 450 g/mol. The number of hydrogen-bond acceptors (Lipinski definition) is 7. The zero-order valence-corrected chi connectivity index (χ0v) is 20.1. The molecule has 0 unspecified atom stereocenters. The van der Waals surface area contributed by atoms with Crippen LogP contribution in [0.25, 0.3) is 10.9 Å². The van der Waals surface area contributed by atoms with E-state index in [0.29, 0.717) is 12.1 Å². The monoisotopic (exact) mass is 449 g/mol. The van der Waals surface area contributed by atoms with Crippen molar-refractivity contribution in [1.82, 2.24) is 15.3 Å². The Labute approximate surface area is 196 Å². The Hall–Kier alpha value is -3.06. The van der Waals surface area contributed by atoms with E-state index in [0.717, 1.165) is 72.8 Å². The average Bonchev–Trinajstić information content (AvgIpc) is 2.84. The Balaban J connectivity index is 1.27. The molecule has 1 heterocycles. The Morgan fingerprint density at radius 1 is 0.909 bits per heavy atom. The van der Waals surface area contributed by atoms with E-state index in [2.05, 4.69) is 39.8 Å². The first-order valence-corrected chi connectivity index (χ1v) is 11.7. The molecule has 1 aliphatic carbocycles. The van der Waals surface area contributed by atoms with Crippen LogP contribution < -0.4 is 25.0 Å². The molecule has 1 aromatic heterocycles. The highest BCUT2D eigenvalue weighted by Crippen LogP contribution is 2.28. The van der Waals surface area contributed by atoms with Gasteiger partial charge in [-0.25, -0.2) is 4.98 Å². The molecule has 176 valence electrons. The molecule has 7 nitrogen and oxygen atoms in total. The molecule has 4 rings (SSSR count). The van der Waals surface area contributed by atoms with Gasteiger partial charge < -0.3 is 25.0 Å². The molecule has 0 aliphatic heterocycles. The van der Waals surface area contributed by atoms with Gasteiger partial charge in [0.1, 0.15) is 5.82 Å². The highest BCUT2D eigenvalue weighted by molar-refractivity contribution is 5.90. The van der Waals surface area contributed by atoms with Crippen LogP contribution in [0.15, 0.2) is 42.5 Å². The van der Waals surface area contributed by atoms with Gasteiger partial charge in [-0.2, -0.15) is 4.98 Å². The van der Waals surface area contributed by atoms with Crippen LogP contribution >= 0.6 is 0 Å². The number of aromatic nitrogens is 2. The number of hydrogen-bond donors (Lipinski definition) is 2. The van der Waals surface area contributed by atoms with Crippen molar-refractivity contribution in [2.45, 2.75) is 44.2 Å². The number of para-hydroxylation sites is 1. The van der Waals surface area contributed by atoms with E-state index >= 15 is 0 Å². The summed E-state index contributed by atoms with van der Waals surface area (Å²) in [4.78, 5) is 11.6. The number of fused-ring (bicyclic) bond motifs is 1. The van der Waals surface area contributed by atoms with E-state index in [4.69, 9.17) is 19.4 Å². The molecule has 33 heavy (non-hydrogen) atoms. The van der Waals surface area contributed by atoms with Crippen LogP contribution in [0.4, 0.5) is 11.8 Å².